The number of likely N-dealkylation sites (tertiary alicyclic amines) is 1. The summed E-state index contributed by atoms with van der Waals surface area (Å²) in [6.45, 7) is 6.11. The summed E-state index contributed by atoms with van der Waals surface area (Å²) < 4.78 is 27.0. The molecule has 0 aliphatic carbocycles. The molecule has 1 atom stereocenters. The van der Waals surface area contributed by atoms with E-state index in [-0.39, 0.29) is 22.9 Å². The standard InChI is InChI=1S/C22H29N3O3S/c1-17(2)24-29(27,28)20-12-10-19(11-13-20)22(26)23-16-21(25-14-6-7-15-25)18-8-4-3-5-9-18/h3-5,8-13,17,21,24H,6-7,14-16H2,1-2H3,(H,23,26). The number of amides is 1. The molecular weight excluding hydrogens is 386 g/mol. The highest BCUT2D eigenvalue weighted by atomic mass is 32.2. The topological polar surface area (TPSA) is 78.5 Å². The first-order chi connectivity index (χ1) is 13.9. The fourth-order valence-electron chi connectivity index (χ4n) is 3.64. The van der Waals surface area contributed by atoms with E-state index in [1.165, 1.54) is 30.5 Å². The van der Waals surface area contributed by atoms with Crippen molar-refractivity contribution in [3.05, 3.63) is 65.7 Å². The predicted molar refractivity (Wildman–Crippen MR) is 114 cm³/mol. The van der Waals surface area contributed by atoms with Crippen LogP contribution in [0.15, 0.2) is 59.5 Å². The van der Waals surface area contributed by atoms with Gasteiger partial charge in [0.2, 0.25) is 10.0 Å². The van der Waals surface area contributed by atoms with Crippen LogP contribution in [0.5, 0.6) is 0 Å². The highest BCUT2D eigenvalue weighted by Crippen LogP contribution is 2.24. The lowest BCUT2D eigenvalue weighted by Gasteiger charge is -2.28. The van der Waals surface area contributed by atoms with Crippen LogP contribution >= 0.6 is 0 Å². The maximum Gasteiger partial charge on any atom is 0.251 e. The molecule has 2 aromatic carbocycles. The molecule has 2 aromatic rings. The van der Waals surface area contributed by atoms with Crippen LogP contribution in [0.4, 0.5) is 0 Å². The first-order valence-corrected chi connectivity index (χ1v) is 11.5. The summed E-state index contributed by atoms with van der Waals surface area (Å²) in [5.74, 6) is -0.203. The molecule has 3 rings (SSSR count). The lowest BCUT2D eigenvalue weighted by molar-refractivity contribution is 0.0938. The molecule has 1 saturated heterocycles. The van der Waals surface area contributed by atoms with E-state index in [1.807, 2.05) is 18.2 Å². The summed E-state index contributed by atoms with van der Waals surface area (Å²) in [6.07, 6.45) is 2.36. The van der Waals surface area contributed by atoms with Gasteiger partial charge in [0.1, 0.15) is 0 Å². The van der Waals surface area contributed by atoms with Gasteiger partial charge in [-0.1, -0.05) is 30.3 Å². The van der Waals surface area contributed by atoms with Gasteiger partial charge in [-0.15, -0.1) is 0 Å². The summed E-state index contributed by atoms with van der Waals surface area (Å²) in [7, 11) is -3.56. The van der Waals surface area contributed by atoms with Crippen LogP contribution < -0.4 is 10.0 Å². The molecule has 1 amide bonds. The van der Waals surface area contributed by atoms with Crippen LogP contribution in [0.25, 0.3) is 0 Å². The number of nitrogens with one attached hydrogen (secondary N) is 2. The Morgan fingerprint density at radius 1 is 1.00 bits per heavy atom. The van der Waals surface area contributed by atoms with Crippen molar-refractivity contribution in [1.29, 1.82) is 0 Å². The van der Waals surface area contributed by atoms with Crippen molar-refractivity contribution in [3.63, 3.8) is 0 Å². The fourth-order valence-corrected chi connectivity index (χ4v) is 4.89. The maximum absolute atomic E-state index is 12.6. The second kappa shape index (κ2) is 9.52. The Hall–Kier alpha value is -2.22. The van der Waals surface area contributed by atoms with E-state index in [9.17, 15) is 13.2 Å². The van der Waals surface area contributed by atoms with E-state index in [0.717, 1.165) is 13.1 Å². The van der Waals surface area contributed by atoms with Gasteiger partial charge in [0, 0.05) is 18.2 Å². The predicted octanol–water partition coefficient (Wildman–Crippen LogP) is 2.94. The molecule has 7 heteroatoms. The first kappa shape index (κ1) is 21.5. The average Bonchev–Trinajstić information content (AvgIpc) is 3.22. The van der Waals surface area contributed by atoms with Crippen molar-refractivity contribution >= 4 is 15.9 Å². The van der Waals surface area contributed by atoms with Gasteiger partial charge in [-0.05, 0) is 69.6 Å². The monoisotopic (exact) mass is 415 g/mol. The van der Waals surface area contributed by atoms with Gasteiger partial charge in [0.05, 0.1) is 10.9 Å². The second-order valence-corrected chi connectivity index (χ2v) is 9.39. The molecule has 0 radical (unpaired) electrons. The van der Waals surface area contributed by atoms with Crippen molar-refractivity contribution in [3.8, 4) is 0 Å². The number of nitrogens with zero attached hydrogens (tertiary/aromatic N) is 1. The number of sulfonamides is 1. The van der Waals surface area contributed by atoms with Gasteiger partial charge >= 0.3 is 0 Å². The number of carbonyl (C=O) groups is 1. The van der Waals surface area contributed by atoms with Crippen molar-refractivity contribution in [2.45, 2.75) is 43.7 Å². The Morgan fingerprint density at radius 3 is 2.21 bits per heavy atom. The third kappa shape index (κ3) is 5.65. The summed E-state index contributed by atoms with van der Waals surface area (Å²) >= 11 is 0. The van der Waals surface area contributed by atoms with Crippen LogP contribution in [0.2, 0.25) is 0 Å². The van der Waals surface area contributed by atoms with Crippen molar-refractivity contribution in [1.82, 2.24) is 14.9 Å². The Labute approximate surface area is 173 Å². The van der Waals surface area contributed by atoms with E-state index in [0.29, 0.717) is 12.1 Å². The van der Waals surface area contributed by atoms with Crippen molar-refractivity contribution < 1.29 is 13.2 Å². The molecule has 0 spiro atoms. The van der Waals surface area contributed by atoms with Gasteiger partial charge in [-0.3, -0.25) is 9.69 Å². The Morgan fingerprint density at radius 2 is 1.62 bits per heavy atom. The van der Waals surface area contributed by atoms with Crippen LogP contribution in [0.1, 0.15) is 48.7 Å². The van der Waals surface area contributed by atoms with Gasteiger partial charge < -0.3 is 5.32 Å². The highest BCUT2D eigenvalue weighted by molar-refractivity contribution is 7.89. The lowest BCUT2D eigenvalue weighted by Crippen LogP contribution is -2.36. The highest BCUT2D eigenvalue weighted by Gasteiger charge is 2.24. The van der Waals surface area contributed by atoms with E-state index >= 15 is 0 Å². The fraction of sp³-hybridized carbons (Fsp3) is 0.409. The maximum atomic E-state index is 12.6. The normalized spacial score (nSPS) is 16.1. The molecule has 29 heavy (non-hydrogen) atoms. The zero-order valence-corrected chi connectivity index (χ0v) is 17.8. The van der Waals surface area contributed by atoms with E-state index in [4.69, 9.17) is 0 Å². The molecule has 0 bridgehead atoms. The SMILES string of the molecule is CC(C)NS(=O)(=O)c1ccc(C(=O)NCC(c2ccccc2)N2CCCC2)cc1. The minimum atomic E-state index is -3.56. The third-order valence-electron chi connectivity index (χ3n) is 5.04. The number of benzene rings is 2. The van der Waals surface area contributed by atoms with E-state index in [1.54, 1.807) is 26.0 Å². The van der Waals surface area contributed by atoms with Crippen LogP contribution in [-0.4, -0.2) is 44.9 Å². The number of hydrogen-bond acceptors (Lipinski definition) is 4. The van der Waals surface area contributed by atoms with E-state index in [2.05, 4.69) is 27.1 Å². The summed E-state index contributed by atoms with van der Waals surface area (Å²) in [6, 6.07) is 16.2. The van der Waals surface area contributed by atoms with Crippen molar-refractivity contribution in [2.75, 3.05) is 19.6 Å². The molecule has 6 nitrogen and oxygen atoms in total. The summed E-state index contributed by atoms with van der Waals surface area (Å²) in [4.78, 5) is 15.2. The Balaban J connectivity index is 1.67. The zero-order valence-electron chi connectivity index (χ0n) is 17.0. The Kier molecular flexibility index (Phi) is 7.05. The lowest BCUT2D eigenvalue weighted by atomic mass is 10.1. The number of rotatable bonds is 8. The van der Waals surface area contributed by atoms with Crippen LogP contribution in [0.3, 0.4) is 0 Å². The quantitative estimate of drug-likeness (QED) is 0.695. The van der Waals surface area contributed by atoms with Gasteiger partial charge in [0.25, 0.3) is 5.91 Å². The molecule has 1 aliphatic rings. The number of hydrogen-bond donors (Lipinski definition) is 2. The Bertz CT molecular complexity index is 906. The average molecular weight is 416 g/mol. The molecular formula is C22H29N3O3S. The molecule has 156 valence electrons. The second-order valence-electron chi connectivity index (χ2n) is 7.68. The minimum absolute atomic E-state index is 0.137. The van der Waals surface area contributed by atoms with E-state index < -0.39 is 10.0 Å². The summed E-state index contributed by atoms with van der Waals surface area (Å²) in [5.41, 5.74) is 1.64. The first-order valence-electron chi connectivity index (χ1n) is 10.1. The molecule has 1 fully saturated rings. The molecule has 1 heterocycles. The van der Waals surface area contributed by atoms with Gasteiger partial charge in [-0.25, -0.2) is 13.1 Å². The van der Waals surface area contributed by atoms with Gasteiger partial charge in [0.15, 0.2) is 0 Å². The largest absolute Gasteiger partial charge is 0.350 e. The minimum Gasteiger partial charge on any atom is -0.350 e. The van der Waals surface area contributed by atoms with Gasteiger partial charge in [-0.2, -0.15) is 0 Å². The third-order valence-corrected chi connectivity index (χ3v) is 6.71. The zero-order chi connectivity index (χ0) is 20.9. The number of carbonyl (C=O) groups excluding carboxylic acids is 1. The molecule has 0 saturated carbocycles. The molecule has 1 aliphatic heterocycles. The van der Waals surface area contributed by atoms with Crippen LogP contribution in [-0.2, 0) is 10.0 Å². The smallest absolute Gasteiger partial charge is 0.251 e. The molecule has 0 aromatic heterocycles. The van der Waals surface area contributed by atoms with Crippen molar-refractivity contribution in [2.24, 2.45) is 0 Å². The van der Waals surface area contributed by atoms with Crippen LogP contribution in [0, 0.1) is 0 Å². The molecule has 1 unspecified atom stereocenters. The molecule has 2 N–H and O–H groups in total. The summed E-state index contributed by atoms with van der Waals surface area (Å²) in [5, 5.41) is 3.02.